The molecule has 1 aliphatic rings. The second-order valence-corrected chi connectivity index (χ2v) is 7.00. The molecule has 1 saturated carbocycles. The molecule has 0 radical (unpaired) electrons. The number of benzene rings is 1. The molecule has 2 rings (SSSR count). The fraction of sp³-hybridized carbons (Fsp3) is 0.500. The van der Waals surface area contributed by atoms with Crippen molar-refractivity contribution in [3.8, 4) is 0 Å². The van der Waals surface area contributed by atoms with Gasteiger partial charge in [-0.1, -0.05) is 12.1 Å². The standard InChI is InChI=1S/C14H20N2O4S/c1-10(17)11-2-6-13(7-3-11)21(19,20)15-9-8-14(18)16-12-4-5-12/h2-3,6-7,10,12,15,17H,4-5,8-9H2,1H3,(H,16,18). The Morgan fingerprint density at radius 3 is 2.48 bits per heavy atom. The van der Waals surface area contributed by atoms with Crippen molar-refractivity contribution in [3.63, 3.8) is 0 Å². The highest BCUT2D eigenvalue weighted by Gasteiger charge is 2.23. The van der Waals surface area contributed by atoms with Crippen molar-refractivity contribution in [2.45, 2.75) is 43.2 Å². The number of amides is 1. The lowest BCUT2D eigenvalue weighted by Gasteiger charge is -2.09. The van der Waals surface area contributed by atoms with E-state index in [0.29, 0.717) is 5.56 Å². The molecule has 0 spiro atoms. The molecule has 1 amide bonds. The second kappa shape index (κ2) is 6.55. The maximum absolute atomic E-state index is 12.0. The van der Waals surface area contributed by atoms with Crippen molar-refractivity contribution in [1.29, 1.82) is 0 Å². The molecule has 116 valence electrons. The van der Waals surface area contributed by atoms with Crippen molar-refractivity contribution in [2.24, 2.45) is 0 Å². The number of rotatable bonds is 7. The summed E-state index contributed by atoms with van der Waals surface area (Å²) in [5.41, 5.74) is 0.651. The lowest BCUT2D eigenvalue weighted by Crippen LogP contribution is -2.31. The molecular weight excluding hydrogens is 292 g/mol. The average Bonchev–Trinajstić information content (AvgIpc) is 3.22. The first-order valence-corrected chi connectivity index (χ1v) is 8.44. The molecule has 3 N–H and O–H groups in total. The molecule has 21 heavy (non-hydrogen) atoms. The van der Waals surface area contributed by atoms with Gasteiger partial charge in [-0.3, -0.25) is 4.79 Å². The molecule has 0 aliphatic heterocycles. The molecule has 1 aromatic rings. The first-order chi connectivity index (χ1) is 9.88. The molecular formula is C14H20N2O4S. The minimum atomic E-state index is -3.62. The summed E-state index contributed by atoms with van der Waals surface area (Å²) in [5, 5.41) is 12.2. The van der Waals surface area contributed by atoms with Gasteiger partial charge in [0, 0.05) is 19.0 Å². The number of hydrogen-bond acceptors (Lipinski definition) is 4. The van der Waals surface area contributed by atoms with Crippen LogP contribution >= 0.6 is 0 Å². The first kappa shape index (κ1) is 15.9. The van der Waals surface area contributed by atoms with E-state index in [-0.39, 0.29) is 29.8 Å². The molecule has 0 saturated heterocycles. The van der Waals surface area contributed by atoms with Crippen molar-refractivity contribution < 1.29 is 18.3 Å². The predicted molar refractivity (Wildman–Crippen MR) is 78.0 cm³/mol. The normalized spacial score (nSPS) is 16.5. The molecule has 1 atom stereocenters. The van der Waals surface area contributed by atoms with E-state index in [0.717, 1.165) is 12.8 Å². The van der Waals surface area contributed by atoms with Crippen LogP contribution in [0.3, 0.4) is 0 Å². The third-order valence-corrected chi connectivity index (χ3v) is 4.74. The zero-order valence-electron chi connectivity index (χ0n) is 11.9. The van der Waals surface area contributed by atoms with Crippen LogP contribution in [0.25, 0.3) is 0 Å². The fourth-order valence-corrected chi connectivity index (χ4v) is 2.87. The van der Waals surface area contributed by atoms with Crippen LogP contribution < -0.4 is 10.0 Å². The van der Waals surface area contributed by atoms with Crippen molar-refractivity contribution in [2.75, 3.05) is 6.54 Å². The number of nitrogens with one attached hydrogen (secondary N) is 2. The fourth-order valence-electron chi connectivity index (χ4n) is 1.84. The third-order valence-electron chi connectivity index (χ3n) is 3.26. The number of aliphatic hydroxyl groups is 1. The van der Waals surface area contributed by atoms with E-state index in [1.54, 1.807) is 19.1 Å². The predicted octanol–water partition coefficient (Wildman–Crippen LogP) is 0.687. The van der Waals surface area contributed by atoms with Crippen LogP contribution in [0.5, 0.6) is 0 Å². The Hall–Kier alpha value is -1.44. The zero-order chi connectivity index (χ0) is 15.5. The maximum atomic E-state index is 12.0. The first-order valence-electron chi connectivity index (χ1n) is 6.95. The number of carbonyl (C=O) groups excluding carboxylic acids is 1. The second-order valence-electron chi connectivity index (χ2n) is 5.23. The largest absolute Gasteiger partial charge is 0.389 e. The van der Waals surface area contributed by atoms with E-state index in [1.807, 2.05) is 0 Å². The van der Waals surface area contributed by atoms with Gasteiger partial charge in [-0.05, 0) is 37.5 Å². The van der Waals surface area contributed by atoms with Gasteiger partial charge in [-0.2, -0.15) is 0 Å². The number of sulfonamides is 1. The summed E-state index contributed by atoms with van der Waals surface area (Å²) in [6, 6.07) is 6.29. The van der Waals surface area contributed by atoms with Gasteiger partial charge >= 0.3 is 0 Å². The highest BCUT2D eigenvalue weighted by atomic mass is 32.2. The van der Waals surface area contributed by atoms with E-state index in [2.05, 4.69) is 10.0 Å². The summed E-state index contributed by atoms with van der Waals surface area (Å²) in [6.07, 6.45) is 1.50. The molecule has 6 nitrogen and oxygen atoms in total. The molecule has 0 bridgehead atoms. The topological polar surface area (TPSA) is 95.5 Å². The summed E-state index contributed by atoms with van der Waals surface area (Å²) in [4.78, 5) is 11.6. The Morgan fingerprint density at radius 1 is 1.33 bits per heavy atom. The van der Waals surface area contributed by atoms with E-state index < -0.39 is 16.1 Å². The number of carbonyl (C=O) groups is 1. The van der Waals surface area contributed by atoms with Crippen LogP contribution in [-0.4, -0.2) is 32.0 Å². The molecule has 1 unspecified atom stereocenters. The molecule has 1 fully saturated rings. The van der Waals surface area contributed by atoms with Gasteiger partial charge in [-0.25, -0.2) is 13.1 Å². The zero-order valence-corrected chi connectivity index (χ0v) is 12.7. The van der Waals surface area contributed by atoms with Crippen LogP contribution in [0.4, 0.5) is 0 Å². The Bertz CT molecular complexity index is 592. The van der Waals surface area contributed by atoms with E-state index >= 15 is 0 Å². The van der Waals surface area contributed by atoms with Crippen LogP contribution in [0.15, 0.2) is 29.2 Å². The molecule has 0 aromatic heterocycles. The van der Waals surface area contributed by atoms with Crippen LogP contribution in [0.1, 0.15) is 37.9 Å². The third kappa shape index (κ3) is 4.80. The highest BCUT2D eigenvalue weighted by molar-refractivity contribution is 7.89. The summed E-state index contributed by atoms with van der Waals surface area (Å²) in [5.74, 6) is -0.135. The monoisotopic (exact) mass is 312 g/mol. The lowest BCUT2D eigenvalue weighted by molar-refractivity contribution is -0.121. The van der Waals surface area contributed by atoms with Gasteiger partial charge in [0.2, 0.25) is 15.9 Å². The summed E-state index contributed by atoms with van der Waals surface area (Å²) < 4.78 is 26.4. The van der Waals surface area contributed by atoms with Crippen LogP contribution in [-0.2, 0) is 14.8 Å². The van der Waals surface area contributed by atoms with E-state index in [9.17, 15) is 18.3 Å². The number of hydrogen-bond donors (Lipinski definition) is 3. The maximum Gasteiger partial charge on any atom is 0.240 e. The average molecular weight is 312 g/mol. The van der Waals surface area contributed by atoms with Crippen LogP contribution in [0.2, 0.25) is 0 Å². The van der Waals surface area contributed by atoms with Crippen molar-refractivity contribution in [1.82, 2.24) is 10.0 Å². The quantitative estimate of drug-likeness (QED) is 0.690. The number of aliphatic hydroxyl groups excluding tert-OH is 1. The summed E-state index contributed by atoms with van der Waals surface area (Å²) in [7, 11) is -3.62. The summed E-state index contributed by atoms with van der Waals surface area (Å²) >= 11 is 0. The van der Waals surface area contributed by atoms with Gasteiger partial charge in [-0.15, -0.1) is 0 Å². The van der Waals surface area contributed by atoms with Gasteiger partial charge in [0.1, 0.15) is 0 Å². The van der Waals surface area contributed by atoms with Crippen molar-refractivity contribution >= 4 is 15.9 Å². The van der Waals surface area contributed by atoms with Crippen LogP contribution in [0, 0.1) is 0 Å². The molecule has 0 heterocycles. The van der Waals surface area contributed by atoms with Crippen molar-refractivity contribution in [3.05, 3.63) is 29.8 Å². The molecule has 7 heteroatoms. The Balaban J connectivity index is 1.86. The van der Waals surface area contributed by atoms with E-state index in [4.69, 9.17) is 0 Å². The molecule has 1 aliphatic carbocycles. The Kier molecular flexibility index (Phi) is 4.97. The van der Waals surface area contributed by atoms with Gasteiger partial charge in [0.25, 0.3) is 0 Å². The van der Waals surface area contributed by atoms with Gasteiger partial charge < -0.3 is 10.4 Å². The minimum absolute atomic E-state index is 0.0685. The highest BCUT2D eigenvalue weighted by Crippen LogP contribution is 2.18. The smallest absolute Gasteiger partial charge is 0.240 e. The summed E-state index contributed by atoms with van der Waals surface area (Å²) in [6.45, 7) is 1.68. The molecule has 1 aromatic carbocycles. The SMILES string of the molecule is CC(O)c1ccc(S(=O)(=O)NCCC(=O)NC2CC2)cc1. The van der Waals surface area contributed by atoms with E-state index in [1.165, 1.54) is 12.1 Å². The Morgan fingerprint density at radius 2 is 1.95 bits per heavy atom. The van der Waals surface area contributed by atoms with Gasteiger partial charge in [0.05, 0.1) is 11.0 Å². The Labute approximate surface area is 124 Å². The minimum Gasteiger partial charge on any atom is -0.389 e. The van der Waals surface area contributed by atoms with Gasteiger partial charge in [0.15, 0.2) is 0 Å². The lowest BCUT2D eigenvalue weighted by atomic mass is 10.1.